The number of hydrogen-bond acceptors (Lipinski definition) is 3. The second-order valence-corrected chi connectivity index (χ2v) is 10.4. The molecule has 32 heavy (non-hydrogen) atoms. The van der Waals surface area contributed by atoms with Crippen molar-refractivity contribution in [2.75, 3.05) is 5.88 Å². The molecule has 1 aliphatic carbocycles. The number of nitrogens with zero attached hydrogens (tertiary/aromatic N) is 1. The Morgan fingerprint density at radius 2 is 1.75 bits per heavy atom. The predicted molar refractivity (Wildman–Crippen MR) is 117 cm³/mol. The van der Waals surface area contributed by atoms with E-state index in [4.69, 9.17) is 11.6 Å². The minimum absolute atomic E-state index is 0.0356. The average Bonchev–Trinajstić information content (AvgIpc) is 3.40. The summed E-state index contributed by atoms with van der Waals surface area (Å²) in [4.78, 5) is 12.5. The summed E-state index contributed by atoms with van der Waals surface area (Å²) < 4.78 is 67.7. The third-order valence-corrected chi connectivity index (χ3v) is 8.20. The second-order valence-electron chi connectivity index (χ2n) is 8.40. The predicted octanol–water partition coefficient (Wildman–Crippen LogP) is 5.89. The average molecular weight is 484 g/mol. The Balaban J connectivity index is 1.94. The van der Waals surface area contributed by atoms with Gasteiger partial charge in [-0.2, -0.15) is 13.2 Å². The monoisotopic (exact) mass is 483 g/mol. The molecule has 0 bridgehead atoms. The maximum Gasteiger partial charge on any atom is 0.392 e. The highest BCUT2D eigenvalue weighted by Crippen LogP contribution is 2.56. The molecule has 0 radical (unpaired) electrons. The molecule has 0 amide bonds. The fourth-order valence-corrected chi connectivity index (χ4v) is 6.46. The molecular formula is C23H21ClF3NO3S. The number of halogens is 4. The van der Waals surface area contributed by atoms with Gasteiger partial charge in [-0.05, 0) is 55.9 Å². The molecule has 0 aliphatic heterocycles. The number of rotatable bonds is 5. The molecular weight excluding hydrogens is 463 g/mol. The third kappa shape index (κ3) is 3.73. The molecule has 2 atom stereocenters. The van der Waals surface area contributed by atoms with Crippen molar-refractivity contribution in [1.82, 2.24) is 3.97 Å². The van der Waals surface area contributed by atoms with E-state index < -0.39 is 33.8 Å². The van der Waals surface area contributed by atoms with Crippen molar-refractivity contribution in [3.63, 3.8) is 0 Å². The quantitative estimate of drug-likeness (QED) is 0.336. The largest absolute Gasteiger partial charge is 0.392 e. The molecule has 170 valence electrons. The highest BCUT2D eigenvalue weighted by Gasteiger charge is 2.56. The Morgan fingerprint density at radius 3 is 2.28 bits per heavy atom. The highest BCUT2D eigenvalue weighted by molar-refractivity contribution is 7.90. The first kappa shape index (κ1) is 22.9. The van der Waals surface area contributed by atoms with Gasteiger partial charge >= 0.3 is 6.18 Å². The van der Waals surface area contributed by atoms with Gasteiger partial charge in [0.2, 0.25) is 0 Å². The molecule has 4 rings (SSSR count). The maximum atomic E-state index is 13.7. The van der Waals surface area contributed by atoms with Crippen LogP contribution in [0.5, 0.6) is 0 Å². The first-order valence-corrected chi connectivity index (χ1v) is 12.0. The molecule has 0 N–H and O–H groups in total. The van der Waals surface area contributed by atoms with Crippen LogP contribution in [0.4, 0.5) is 13.2 Å². The van der Waals surface area contributed by atoms with Crippen molar-refractivity contribution in [1.29, 1.82) is 0 Å². The lowest BCUT2D eigenvalue weighted by molar-refractivity contribution is -0.148. The van der Waals surface area contributed by atoms with E-state index in [1.54, 1.807) is 26.0 Å². The van der Waals surface area contributed by atoms with E-state index >= 15 is 0 Å². The van der Waals surface area contributed by atoms with E-state index in [0.29, 0.717) is 22.1 Å². The second kappa shape index (κ2) is 7.63. The third-order valence-electron chi connectivity index (χ3n) is 5.98. The van der Waals surface area contributed by atoms with Crippen LogP contribution in [0.1, 0.15) is 45.0 Å². The number of carbonyl (C=O) groups is 1. The van der Waals surface area contributed by atoms with Crippen molar-refractivity contribution in [2.24, 2.45) is 5.92 Å². The SMILES string of the molecule is Cc1cc(C)c(S(=O)(=O)n2cc(C(=O)CCl)c3ccc(C4C[C@H]4C(F)(F)F)cc32)c(C)c1. The van der Waals surface area contributed by atoms with Crippen LogP contribution < -0.4 is 0 Å². The summed E-state index contributed by atoms with van der Waals surface area (Å²) in [5.74, 6) is -2.97. The van der Waals surface area contributed by atoms with E-state index in [-0.39, 0.29) is 28.3 Å². The minimum atomic E-state index is -4.30. The van der Waals surface area contributed by atoms with Crippen molar-refractivity contribution < 1.29 is 26.4 Å². The number of alkyl halides is 4. The zero-order chi connectivity index (χ0) is 23.6. The lowest BCUT2D eigenvalue weighted by Gasteiger charge is -2.14. The summed E-state index contributed by atoms with van der Waals surface area (Å²) in [5.41, 5.74) is 2.69. The van der Waals surface area contributed by atoms with Gasteiger partial charge in [0.05, 0.1) is 22.2 Å². The van der Waals surface area contributed by atoms with Crippen LogP contribution in [-0.4, -0.2) is 30.2 Å². The Labute approximate surface area is 189 Å². The number of carbonyl (C=O) groups excluding carboxylic acids is 1. The first-order valence-electron chi connectivity index (χ1n) is 10.0. The van der Waals surface area contributed by atoms with Crippen LogP contribution in [0.3, 0.4) is 0 Å². The molecule has 1 aliphatic rings. The summed E-state index contributed by atoms with van der Waals surface area (Å²) in [6.45, 7) is 5.23. The minimum Gasteiger partial charge on any atom is -0.293 e. The van der Waals surface area contributed by atoms with Crippen LogP contribution in [0.15, 0.2) is 41.4 Å². The van der Waals surface area contributed by atoms with E-state index in [1.807, 2.05) is 6.92 Å². The van der Waals surface area contributed by atoms with Gasteiger partial charge in [-0.3, -0.25) is 4.79 Å². The highest BCUT2D eigenvalue weighted by atomic mass is 35.5. The van der Waals surface area contributed by atoms with Gasteiger partial charge in [-0.25, -0.2) is 12.4 Å². The van der Waals surface area contributed by atoms with Gasteiger partial charge in [0.25, 0.3) is 10.0 Å². The van der Waals surface area contributed by atoms with Crippen molar-refractivity contribution in [3.05, 3.63) is 64.3 Å². The summed E-state index contributed by atoms with van der Waals surface area (Å²) in [6.07, 6.45) is -3.11. The van der Waals surface area contributed by atoms with Crippen LogP contribution in [0, 0.1) is 26.7 Å². The zero-order valence-electron chi connectivity index (χ0n) is 17.6. The number of aryl methyl sites for hydroxylation is 3. The molecule has 3 aromatic rings. The summed E-state index contributed by atoms with van der Waals surface area (Å²) >= 11 is 5.72. The van der Waals surface area contributed by atoms with E-state index in [9.17, 15) is 26.4 Å². The van der Waals surface area contributed by atoms with Crippen molar-refractivity contribution in [3.8, 4) is 0 Å². The van der Waals surface area contributed by atoms with Gasteiger partial charge in [0.1, 0.15) is 0 Å². The zero-order valence-corrected chi connectivity index (χ0v) is 19.2. The topological polar surface area (TPSA) is 56.1 Å². The summed E-state index contributed by atoms with van der Waals surface area (Å²) in [6, 6.07) is 7.99. The number of benzene rings is 2. The lowest BCUT2D eigenvalue weighted by atomic mass is 10.0. The van der Waals surface area contributed by atoms with E-state index in [1.165, 1.54) is 24.4 Å². The molecule has 4 nitrogen and oxygen atoms in total. The van der Waals surface area contributed by atoms with Crippen molar-refractivity contribution >= 4 is 38.3 Å². The van der Waals surface area contributed by atoms with Gasteiger partial charge in [-0.1, -0.05) is 29.8 Å². The van der Waals surface area contributed by atoms with Gasteiger partial charge in [0, 0.05) is 17.1 Å². The van der Waals surface area contributed by atoms with Gasteiger partial charge in [-0.15, -0.1) is 11.6 Å². The molecule has 1 aromatic heterocycles. The van der Waals surface area contributed by atoms with Crippen LogP contribution in [-0.2, 0) is 10.0 Å². The van der Waals surface area contributed by atoms with Gasteiger partial charge in [0.15, 0.2) is 5.78 Å². The van der Waals surface area contributed by atoms with Gasteiger partial charge < -0.3 is 0 Å². The van der Waals surface area contributed by atoms with E-state index in [2.05, 4.69) is 0 Å². The summed E-state index contributed by atoms with van der Waals surface area (Å²) in [7, 11) is -4.13. The lowest BCUT2D eigenvalue weighted by Crippen LogP contribution is -2.15. The Hall–Kier alpha value is -2.32. The number of hydrogen-bond donors (Lipinski definition) is 0. The maximum absolute atomic E-state index is 13.7. The Bertz CT molecular complexity index is 1340. The van der Waals surface area contributed by atoms with Crippen molar-refractivity contribution in [2.45, 2.75) is 44.2 Å². The molecule has 1 fully saturated rings. The number of Topliss-reactive ketones (excluding diaryl/α,β-unsaturated/α-hetero) is 1. The fraction of sp³-hybridized carbons (Fsp3) is 0.348. The normalized spacial score (nSPS) is 18.8. The standard InChI is InChI=1S/C23H21ClF3NO3S/c1-12-6-13(2)22(14(3)7-12)32(30,31)28-11-18(21(29)10-24)16-5-4-15(8-20(16)28)17-9-19(17)23(25,26)27/h4-8,11,17,19H,9-10H2,1-3H3/t17?,19-/m1/s1. The number of ketones is 1. The molecule has 1 heterocycles. The summed E-state index contributed by atoms with van der Waals surface area (Å²) in [5, 5.41) is 0.342. The Kier molecular flexibility index (Phi) is 5.45. The number of fused-ring (bicyclic) bond motifs is 1. The molecule has 2 aromatic carbocycles. The molecule has 0 saturated heterocycles. The molecule has 9 heteroatoms. The molecule has 1 saturated carbocycles. The van der Waals surface area contributed by atoms with Crippen LogP contribution in [0.25, 0.3) is 10.9 Å². The molecule has 1 unspecified atom stereocenters. The fourth-order valence-electron chi connectivity index (χ4n) is 4.54. The van der Waals surface area contributed by atoms with E-state index in [0.717, 1.165) is 9.54 Å². The number of aromatic nitrogens is 1. The molecule has 0 spiro atoms. The Morgan fingerprint density at radius 1 is 1.12 bits per heavy atom. The smallest absolute Gasteiger partial charge is 0.293 e. The first-order chi connectivity index (χ1) is 14.9. The van der Waals surface area contributed by atoms with Crippen LogP contribution >= 0.6 is 11.6 Å². The van der Waals surface area contributed by atoms with Crippen LogP contribution in [0.2, 0.25) is 0 Å².